The first kappa shape index (κ1) is 11.9. The Labute approximate surface area is 104 Å². The second-order valence-corrected chi connectivity index (χ2v) is 4.64. The molecule has 2 amide bonds. The van der Waals surface area contributed by atoms with Crippen LogP contribution in [0.1, 0.15) is 5.56 Å². The Kier molecular flexibility index (Phi) is 3.95. The first-order valence-electron chi connectivity index (χ1n) is 5.46. The number of nitrogens with two attached hydrogens (primary N) is 1. The number of primary amides is 1. The van der Waals surface area contributed by atoms with Crippen LogP contribution in [-0.4, -0.2) is 19.1 Å². The Bertz CT molecular complexity index is 509. The van der Waals surface area contributed by atoms with Gasteiger partial charge in [-0.05, 0) is 22.4 Å². The zero-order valence-corrected chi connectivity index (χ0v) is 10.2. The van der Waals surface area contributed by atoms with Gasteiger partial charge in [-0.3, -0.25) is 0 Å². The summed E-state index contributed by atoms with van der Waals surface area (Å²) in [5.41, 5.74) is 6.26. The average Bonchev–Trinajstić information content (AvgIpc) is 2.72. The van der Waals surface area contributed by atoms with Crippen molar-refractivity contribution >= 4 is 27.5 Å². The number of carbonyl (C=O) groups excluding carboxylic acids is 1. The number of nitrogens with one attached hydrogen (secondary N) is 2. The Hall–Kier alpha value is -1.59. The van der Waals surface area contributed by atoms with Crippen molar-refractivity contribution in [3.05, 3.63) is 35.2 Å². The molecule has 2 rings (SSSR count). The SMILES string of the molecule is NC(=O)NCCNCc1csc2ccccc12. The quantitative estimate of drug-likeness (QED) is 0.705. The van der Waals surface area contributed by atoms with Crippen molar-refractivity contribution in [3.63, 3.8) is 0 Å². The summed E-state index contributed by atoms with van der Waals surface area (Å²) in [7, 11) is 0. The summed E-state index contributed by atoms with van der Waals surface area (Å²) in [6.45, 7) is 2.08. The molecule has 0 fully saturated rings. The summed E-state index contributed by atoms with van der Waals surface area (Å²) in [6.07, 6.45) is 0. The van der Waals surface area contributed by atoms with Gasteiger partial charge in [0.05, 0.1) is 0 Å². The van der Waals surface area contributed by atoms with E-state index in [1.165, 1.54) is 15.6 Å². The molecule has 1 aromatic carbocycles. The fraction of sp³-hybridized carbons (Fsp3) is 0.250. The van der Waals surface area contributed by atoms with E-state index in [4.69, 9.17) is 5.73 Å². The molecule has 4 nitrogen and oxygen atoms in total. The van der Waals surface area contributed by atoms with E-state index < -0.39 is 6.03 Å². The number of carbonyl (C=O) groups is 1. The van der Waals surface area contributed by atoms with Crippen LogP contribution in [0.5, 0.6) is 0 Å². The minimum atomic E-state index is -0.479. The third-order valence-corrected chi connectivity index (χ3v) is 3.49. The number of fused-ring (bicyclic) bond motifs is 1. The monoisotopic (exact) mass is 249 g/mol. The van der Waals surface area contributed by atoms with Crippen LogP contribution in [0.15, 0.2) is 29.6 Å². The van der Waals surface area contributed by atoms with E-state index in [2.05, 4.69) is 28.1 Å². The van der Waals surface area contributed by atoms with Gasteiger partial charge in [-0.25, -0.2) is 4.79 Å². The average molecular weight is 249 g/mol. The minimum Gasteiger partial charge on any atom is -0.352 e. The van der Waals surface area contributed by atoms with Crippen LogP contribution in [0, 0.1) is 0 Å². The number of hydrogen-bond donors (Lipinski definition) is 3. The molecule has 0 radical (unpaired) electrons. The lowest BCUT2D eigenvalue weighted by molar-refractivity contribution is 0.249. The number of benzene rings is 1. The molecule has 0 bridgehead atoms. The van der Waals surface area contributed by atoms with Crippen molar-refractivity contribution < 1.29 is 4.79 Å². The van der Waals surface area contributed by atoms with Crippen LogP contribution in [0.4, 0.5) is 4.79 Å². The smallest absolute Gasteiger partial charge is 0.312 e. The maximum atomic E-state index is 10.5. The topological polar surface area (TPSA) is 67.2 Å². The molecule has 0 unspecified atom stereocenters. The van der Waals surface area contributed by atoms with Gasteiger partial charge in [0.15, 0.2) is 0 Å². The molecule has 0 aliphatic rings. The third kappa shape index (κ3) is 3.18. The van der Waals surface area contributed by atoms with E-state index in [1.807, 2.05) is 12.1 Å². The van der Waals surface area contributed by atoms with Crippen molar-refractivity contribution in [1.82, 2.24) is 10.6 Å². The van der Waals surface area contributed by atoms with E-state index in [1.54, 1.807) is 11.3 Å². The summed E-state index contributed by atoms with van der Waals surface area (Å²) >= 11 is 1.75. The Balaban J connectivity index is 1.85. The van der Waals surface area contributed by atoms with E-state index in [0.29, 0.717) is 13.1 Å². The Morgan fingerprint density at radius 2 is 2.12 bits per heavy atom. The van der Waals surface area contributed by atoms with Crippen LogP contribution in [0.3, 0.4) is 0 Å². The molecule has 0 aliphatic heterocycles. The highest BCUT2D eigenvalue weighted by atomic mass is 32.1. The number of thiophene rings is 1. The zero-order chi connectivity index (χ0) is 12.1. The van der Waals surface area contributed by atoms with E-state index >= 15 is 0 Å². The summed E-state index contributed by atoms with van der Waals surface area (Å²) < 4.78 is 1.31. The molecule has 2 aromatic rings. The highest BCUT2D eigenvalue weighted by molar-refractivity contribution is 7.17. The maximum Gasteiger partial charge on any atom is 0.312 e. The first-order chi connectivity index (χ1) is 8.27. The molecule has 0 saturated heterocycles. The lowest BCUT2D eigenvalue weighted by atomic mass is 10.2. The van der Waals surface area contributed by atoms with Crippen LogP contribution in [0.2, 0.25) is 0 Å². The fourth-order valence-corrected chi connectivity index (χ4v) is 2.63. The van der Waals surface area contributed by atoms with E-state index in [0.717, 1.165) is 6.54 Å². The van der Waals surface area contributed by atoms with Crippen molar-refractivity contribution in [3.8, 4) is 0 Å². The van der Waals surface area contributed by atoms with Gasteiger partial charge in [-0.15, -0.1) is 11.3 Å². The van der Waals surface area contributed by atoms with E-state index in [-0.39, 0.29) is 0 Å². The van der Waals surface area contributed by atoms with Gasteiger partial charge < -0.3 is 16.4 Å². The molecule has 1 heterocycles. The van der Waals surface area contributed by atoms with Crippen molar-refractivity contribution in [2.45, 2.75) is 6.54 Å². The lowest BCUT2D eigenvalue weighted by Gasteiger charge is -2.04. The van der Waals surface area contributed by atoms with Crippen LogP contribution < -0.4 is 16.4 Å². The Morgan fingerprint density at radius 1 is 1.29 bits per heavy atom. The van der Waals surface area contributed by atoms with Gasteiger partial charge >= 0.3 is 6.03 Å². The molecule has 0 saturated carbocycles. The number of amides is 2. The molecule has 90 valence electrons. The lowest BCUT2D eigenvalue weighted by Crippen LogP contribution is -2.35. The highest BCUT2D eigenvalue weighted by Crippen LogP contribution is 2.25. The number of rotatable bonds is 5. The maximum absolute atomic E-state index is 10.5. The number of urea groups is 1. The second-order valence-electron chi connectivity index (χ2n) is 3.72. The molecule has 0 atom stereocenters. The zero-order valence-electron chi connectivity index (χ0n) is 9.40. The summed E-state index contributed by atoms with van der Waals surface area (Å²) in [5, 5.41) is 9.28. The van der Waals surface area contributed by atoms with Crippen molar-refractivity contribution in [2.75, 3.05) is 13.1 Å². The van der Waals surface area contributed by atoms with Gasteiger partial charge in [-0.1, -0.05) is 18.2 Å². The predicted octanol–water partition coefficient (Wildman–Crippen LogP) is 1.66. The van der Waals surface area contributed by atoms with Gasteiger partial charge in [-0.2, -0.15) is 0 Å². The van der Waals surface area contributed by atoms with Gasteiger partial charge in [0.2, 0.25) is 0 Å². The van der Waals surface area contributed by atoms with Crippen LogP contribution in [-0.2, 0) is 6.54 Å². The molecular formula is C12H15N3OS. The normalized spacial score (nSPS) is 10.6. The van der Waals surface area contributed by atoms with E-state index in [9.17, 15) is 4.79 Å². The first-order valence-corrected chi connectivity index (χ1v) is 6.34. The molecule has 0 aliphatic carbocycles. The second kappa shape index (κ2) is 5.65. The van der Waals surface area contributed by atoms with Gasteiger partial charge in [0, 0.05) is 24.3 Å². The summed E-state index contributed by atoms with van der Waals surface area (Å²) in [5.74, 6) is 0. The molecule has 1 aromatic heterocycles. The van der Waals surface area contributed by atoms with Crippen molar-refractivity contribution in [1.29, 1.82) is 0 Å². The summed E-state index contributed by atoms with van der Waals surface area (Å²) in [4.78, 5) is 10.5. The fourth-order valence-electron chi connectivity index (χ4n) is 1.67. The number of hydrogen-bond acceptors (Lipinski definition) is 3. The Morgan fingerprint density at radius 3 is 2.94 bits per heavy atom. The minimum absolute atomic E-state index is 0.479. The third-order valence-electron chi connectivity index (χ3n) is 2.48. The molecule has 4 N–H and O–H groups in total. The largest absolute Gasteiger partial charge is 0.352 e. The summed E-state index contributed by atoms with van der Waals surface area (Å²) in [6, 6.07) is 7.87. The van der Waals surface area contributed by atoms with Crippen LogP contribution >= 0.6 is 11.3 Å². The van der Waals surface area contributed by atoms with Crippen molar-refractivity contribution in [2.24, 2.45) is 5.73 Å². The van der Waals surface area contributed by atoms with Crippen LogP contribution in [0.25, 0.3) is 10.1 Å². The predicted molar refractivity (Wildman–Crippen MR) is 71.1 cm³/mol. The van der Waals surface area contributed by atoms with Gasteiger partial charge in [0.25, 0.3) is 0 Å². The molecular weight excluding hydrogens is 234 g/mol. The molecule has 17 heavy (non-hydrogen) atoms. The molecule has 0 spiro atoms. The highest BCUT2D eigenvalue weighted by Gasteiger charge is 2.02. The standard InChI is InChI=1S/C12H15N3OS/c13-12(16)15-6-5-14-7-9-8-17-11-4-2-1-3-10(9)11/h1-4,8,14H,5-7H2,(H3,13,15,16). The molecule has 5 heteroatoms. The van der Waals surface area contributed by atoms with Gasteiger partial charge in [0.1, 0.15) is 0 Å².